The number of nitrogens with zero attached hydrogens (tertiary/aromatic N) is 2. The van der Waals surface area contributed by atoms with Gasteiger partial charge in [0.25, 0.3) is 0 Å². The van der Waals surface area contributed by atoms with Gasteiger partial charge >= 0.3 is 6.09 Å². The predicted octanol–water partition coefficient (Wildman–Crippen LogP) is 6.89. The van der Waals surface area contributed by atoms with E-state index >= 15 is 0 Å². The molecule has 0 aliphatic carbocycles. The predicted molar refractivity (Wildman–Crippen MR) is 118 cm³/mol. The molecule has 1 amide bonds. The smallest absolute Gasteiger partial charge is 0.412 e. The van der Waals surface area contributed by atoms with Crippen molar-refractivity contribution >= 4 is 40.5 Å². The molecule has 3 rings (SSSR count). The number of allylic oxidation sites excluding steroid dienone is 3. The van der Waals surface area contributed by atoms with Crippen LogP contribution in [0.5, 0.6) is 0 Å². The first-order chi connectivity index (χ1) is 14.9. The molecule has 1 aromatic carbocycles. The molecule has 5 nitrogen and oxygen atoms in total. The van der Waals surface area contributed by atoms with Crippen molar-refractivity contribution in [3.8, 4) is 0 Å². The topological polar surface area (TPSA) is 54.5 Å². The van der Waals surface area contributed by atoms with Gasteiger partial charge < -0.3 is 4.74 Å². The van der Waals surface area contributed by atoms with Crippen LogP contribution < -0.4 is 10.2 Å². The number of benzene rings is 1. The number of aromatic nitrogens is 1. The van der Waals surface area contributed by atoms with Gasteiger partial charge in [0.1, 0.15) is 16.6 Å². The van der Waals surface area contributed by atoms with Gasteiger partial charge in [-0.3, -0.25) is 10.2 Å². The average Bonchev–Trinajstić information content (AvgIpc) is 2.68. The van der Waals surface area contributed by atoms with Gasteiger partial charge in [0.2, 0.25) is 0 Å². The maximum absolute atomic E-state index is 15.0. The van der Waals surface area contributed by atoms with Crippen LogP contribution in [0.25, 0.3) is 5.57 Å². The van der Waals surface area contributed by atoms with Crippen LogP contribution in [-0.4, -0.2) is 16.7 Å². The van der Waals surface area contributed by atoms with Gasteiger partial charge in [-0.15, -0.1) is 5.73 Å². The number of hydrogen-bond acceptors (Lipinski definition) is 4. The molecule has 0 bridgehead atoms. The number of rotatable bonds is 3. The van der Waals surface area contributed by atoms with E-state index in [1.165, 1.54) is 17.0 Å². The van der Waals surface area contributed by atoms with Gasteiger partial charge in [-0.05, 0) is 50.6 Å². The highest BCUT2D eigenvalue weighted by atomic mass is 35.5. The molecule has 1 N–H and O–H groups in total. The first kappa shape index (κ1) is 23.2. The minimum Gasteiger partial charge on any atom is -0.444 e. The summed E-state index contributed by atoms with van der Waals surface area (Å²) in [5.74, 6) is -4.74. The van der Waals surface area contributed by atoms with Crippen molar-refractivity contribution in [2.75, 3.05) is 10.2 Å². The Balaban J connectivity index is 2.21. The summed E-state index contributed by atoms with van der Waals surface area (Å²) in [5, 5.41) is 2.20. The molecule has 0 unspecified atom stereocenters. The van der Waals surface area contributed by atoms with E-state index in [9.17, 15) is 18.0 Å². The quantitative estimate of drug-likeness (QED) is 0.307. The van der Waals surface area contributed by atoms with Gasteiger partial charge in [0.15, 0.2) is 17.5 Å². The van der Waals surface area contributed by atoms with Crippen molar-refractivity contribution in [3.63, 3.8) is 0 Å². The van der Waals surface area contributed by atoms with E-state index in [-0.39, 0.29) is 16.7 Å². The van der Waals surface area contributed by atoms with Gasteiger partial charge in [0.05, 0.1) is 17.1 Å². The molecule has 2 aromatic rings. The Morgan fingerprint density at radius 2 is 1.94 bits per heavy atom. The Kier molecular flexibility index (Phi) is 6.21. The Bertz CT molecular complexity index is 1210. The lowest BCUT2D eigenvalue weighted by Crippen LogP contribution is -2.28. The molecular formula is C23H19ClF3N3O2. The molecule has 0 atom stereocenters. The summed E-state index contributed by atoms with van der Waals surface area (Å²) < 4.78 is 49.1. The van der Waals surface area contributed by atoms with Crippen molar-refractivity contribution in [2.45, 2.75) is 26.4 Å². The number of halogens is 4. The van der Waals surface area contributed by atoms with E-state index in [0.29, 0.717) is 11.1 Å². The lowest BCUT2D eigenvalue weighted by atomic mass is 10.0. The Morgan fingerprint density at radius 1 is 1.25 bits per heavy atom. The van der Waals surface area contributed by atoms with Crippen LogP contribution in [0.1, 0.15) is 26.3 Å². The molecule has 2 heterocycles. The normalized spacial score (nSPS) is 13.2. The number of pyridine rings is 1. The van der Waals surface area contributed by atoms with Crippen LogP contribution in [0, 0.1) is 17.5 Å². The number of nitrogens with one attached hydrogen (secondary N) is 1. The van der Waals surface area contributed by atoms with Gasteiger partial charge in [-0.1, -0.05) is 24.8 Å². The zero-order chi connectivity index (χ0) is 23.8. The van der Waals surface area contributed by atoms with Gasteiger partial charge in [0, 0.05) is 11.6 Å². The lowest BCUT2D eigenvalue weighted by Gasteiger charge is -2.31. The highest BCUT2D eigenvalue weighted by Crippen LogP contribution is 2.43. The van der Waals surface area contributed by atoms with E-state index in [0.717, 1.165) is 6.07 Å². The fourth-order valence-electron chi connectivity index (χ4n) is 3.01. The summed E-state index contributed by atoms with van der Waals surface area (Å²) in [7, 11) is 0. The SMILES string of the molecule is C=C=CC1=CC(=C)c2ccc(Cl)nc2N1c1cc(NC(=O)OC(C)(C)C)c(F)c(F)c1F. The van der Waals surface area contributed by atoms with Crippen molar-refractivity contribution in [3.05, 3.63) is 83.1 Å². The van der Waals surface area contributed by atoms with Crippen molar-refractivity contribution < 1.29 is 22.7 Å². The molecule has 1 aliphatic rings. The Hall–Kier alpha value is -3.48. The summed E-state index contributed by atoms with van der Waals surface area (Å²) in [6, 6.07) is 4.06. The first-order valence-electron chi connectivity index (χ1n) is 9.34. The van der Waals surface area contributed by atoms with Crippen LogP contribution in [0.3, 0.4) is 0 Å². The largest absolute Gasteiger partial charge is 0.444 e. The second kappa shape index (κ2) is 8.57. The van der Waals surface area contributed by atoms with Gasteiger partial charge in [-0.2, -0.15) is 0 Å². The highest BCUT2D eigenvalue weighted by Gasteiger charge is 2.30. The number of carbonyl (C=O) groups is 1. The third-order valence-electron chi connectivity index (χ3n) is 4.23. The average molecular weight is 462 g/mol. The van der Waals surface area contributed by atoms with Crippen LogP contribution in [0.4, 0.5) is 35.2 Å². The number of amides is 1. The molecule has 1 aromatic heterocycles. The van der Waals surface area contributed by atoms with Crippen molar-refractivity contribution in [1.29, 1.82) is 0 Å². The van der Waals surface area contributed by atoms with E-state index in [4.69, 9.17) is 16.3 Å². The number of ether oxygens (including phenoxy) is 1. The minimum atomic E-state index is -1.79. The van der Waals surface area contributed by atoms with Crippen LogP contribution in [-0.2, 0) is 4.74 Å². The van der Waals surface area contributed by atoms with Crippen molar-refractivity contribution in [1.82, 2.24) is 4.98 Å². The van der Waals surface area contributed by atoms with E-state index < -0.39 is 40.5 Å². The van der Waals surface area contributed by atoms with Crippen LogP contribution >= 0.6 is 11.6 Å². The Morgan fingerprint density at radius 3 is 2.56 bits per heavy atom. The number of carbonyl (C=O) groups excluding carboxylic acids is 1. The van der Waals surface area contributed by atoms with E-state index in [1.54, 1.807) is 32.9 Å². The van der Waals surface area contributed by atoms with E-state index in [1.807, 2.05) is 0 Å². The molecule has 0 radical (unpaired) electrons. The lowest BCUT2D eigenvalue weighted by molar-refractivity contribution is 0.0635. The van der Waals surface area contributed by atoms with Crippen molar-refractivity contribution in [2.24, 2.45) is 0 Å². The van der Waals surface area contributed by atoms with E-state index in [2.05, 4.69) is 29.2 Å². The summed E-state index contributed by atoms with van der Waals surface area (Å²) >= 11 is 6.03. The first-order valence-corrected chi connectivity index (χ1v) is 9.71. The fraction of sp³-hybridized carbons (Fsp3) is 0.174. The summed E-state index contributed by atoms with van der Waals surface area (Å²) in [4.78, 5) is 17.5. The maximum atomic E-state index is 15.0. The molecule has 166 valence electrons. The minimum absolute atomic E-state index is 0.0838. The monoisotopic (exact) mass is 461 g/mol. The standard InChI is InChI=1S/C23H19ClF3N3O2/c1-6-7-13-10-12(2)14-8-9-17(24)29-21(14)30(13)16-11-15(18(25)20(27)19(16)26)28-22(31)32-23(3,4)5/h7-11H,1-2H2,3-5H3,(H,28,31). The summed E-state index contributed by atoms with van der Waals surface area (Å²) in [5.41, 5.74) is 1.89. The summed E-state index contributed by atoms with van der Waals surface area (Å²) in [6.45, 7) is 12.2. The fourth-order valence-corrected chi connectivity index (χ4v) is 3.15. The summed E-state index contributed by atoms with van der Waals surface area (Å²) in [6.07, 6.45) is 1.92. The molecule has 32 heavy (non-hydrogen) atoms. The maximum Gasteiger partial charge on any atom is 0.412 e. The molecule has 0 saturated heterocycles. The molecule has 0 spiro atoms. The zero-order valence-corrected chi connectivity index (χ0v) is 18.3. The van der Waals surface area contributed by atoms with Crippen LogP contribution in [0.2, 0.25) is 5.15 Å². The highest BCUT2D eigenvalue weighted by molar-refractivity contribution is 6.29. The third-order valence-corrected chi connectivity index (χ3v) is 4.44. The third kappa shape index (κ3) is 4.56. The zero-order valence-electron chi connectivity index (χ0n) is 17.5. The molecular weight excluding hydrogens is 443 g/mol. The second-order valence-corrected chi connectivity index (χ2v) is 8.18. The molecule has 0 saturated carbocycles. The molecule has 1 aliphatic heterocycles. The molecule has 0 fully saturated rings. The number of anilines is 3. The molecule has 9 heteroatoms. The Labute approximate surface area is 188 Å². The van der Waals surface area contributed by atoms with Gasteiger partial charge in [-0.25, -0.2) is 22.9 Å². The second-order valence-electron chi connectivity index (χ2n) is 7.80. The number of fused-ring (bicyclic) bond motifs is 1. The number of hydrogen-bond donors (Lipinski definition) is 1. The van der Waals surface area contributed by atoms with Crippen LogP contribution in [0.15, 0.2) is 54.9 Å².